The molecule has 2 aliphatic heterocycles. The van der Waals surface area contributed by atoms with Crippen molar-refractivity contribution in [3.8, 4) is 17.1 Å². The Morgan fingerprint density at radius 3 is 2.45 bits per heavy atom. The SMILES string of the molecule is COCCN1CCN(Cc2ccc(-c3cc(NS(=O)(=O)c4cc(N5CCOCC5)cnc4OC)ccn3)c(F)c2)CC1. The van der Waals surface area contributed by atoms with Crippen molar-refractivity contribution < 1.29 is 27.0 Å². The molecule has 1 aromatic carbocycles. The number of piperazine rings is 1. The molecule has 5 rings (SSSR count). The highest BCUT2D eigenvalue weighted by Crippen LogP contribution is 2.30. The van der Waals surface area contributed by atoms with E-state index >= 15 is 4.39 Å². The van der Waals surface area contributed by atoms with Crippen LogP contribution in [0.2, 0.25) is 0 Å². The van der Waals surface area contributed by atoms with Gasteiger partial charge in [-0.2, -0.15) is 0 Å². The maximum absolute atomic E-state index is 15.3. The Hall–Kier alpha value is -3.36. The molecule has 226 valence electrons. The van der Waals surface area contributed by atoms with E-state index in [1.807, 2.05) is 11.0 Å². The molecule has 0 radical (unpaired) electrons. The number of nitrogens with zero attached hydrogens (tertiary/aromatic N) is 5. The van der Waals surface area contributed by atoms with E-state index in [4.69, 9.17) is 14.2 Å². The van der Waals surface area contributed by atoms with Gasteiger partial charge >= 0.3 is 0 Å². The van der Waals surface area contributed by atoms with Crippen molar-refractivity contribution in [2.24, 2.45) is 0 Å². The minimum atomic E-state index is -4.09. The van der Waals surface area contributed by atoms with E-state index in [0.29, 0.717) is 44.2 Å². The van der Waals surface area contributed by atoms with Gasteiger partial charge in [0.2, 0.25) is 5.88 Å². The lowest BCUT2D eigenvalue weighted by molar-refractivity contribution is 0.0938. The number of rotatable bonds is 11. The third-order valence-electron chi connectivity index (χ3n) is 7.47. The fourth-order valence-corrected chi connectivity index (χ4v) is 6.32. The lowest BCUT2D eigenvalue weighted by Gasteiger charge is -2.34. The Morgan fingerprint density at radius 1 is 0.976 bits per heavy atom. The van der Waals surface area contributed by atoms with Crippen LogP contribution in [0.5, 0.6) is 5.88 Å². The summed E-state index contributed by atoms with van der Waals surface area (Å²) in [6, 6.07) is 9.69. The maximum Gasteiger partial charge on any atom is 0.267 e. The highest BCUT2D eigenvalue weighted by atomic mass is 32.2. The summed E-state index contributed by atoms with van der Waals surface area (Å²) >= 11 is 0. The fourth-order valence-electron chi connectivity index (χ4n) is 5.13. The number of methoxy groups -OCH3 is 2. The van der Waals surface area contributed by atoms with Gasteiger partial charge in [-0.25, -0.2) is 17.8 Å². The van der Waals surface area contributed by atoms with Crippen LogP contribution in [-0.4, -0.2) is 108 Å². The minimum Gasteiger partial charge on any atom is -0.480 e. The molecule has 2 fully saturated rings. The summed E-state index contributed by atoms with van der Waals surface area (Å²) in [5.41, 5.74) is 2.38. The number of halogens is 1. The molecule has 1 N–H and O–H groups in total. The Bertz CT molecular complexity index is 1460. The monoisotopic (exact) mass is 600 g/mol. The van der Waals surface area contributed by atoms with Gasteiger partial charge in [-0.3, -0.25) is 19.5 Å². The lowest BCUT2D eigenvalue weighted by Crippen LogP contribution is -2.46. The third-order valence-corrected chi connectivity index (χ3v) is 8.84. The van der Waals surface area contributed by atoms with Crippen LogP contribution in [-0.2, 0) is 26.0 Å². The van der Waals surface area contributed by atoms with Crippen molar-refractivity contribution in [1.82, 2.24) is 19.8 Å². The largest absolute Gasteiger partial charge is 0.480 e. The smallest absolute Gasteiger partial charge is 0.267 e. The molecule has 0 spiro atoms. The number of hydrogen-bond donors (Lipinski definition) is 1. The van der Waals surface area contributed by atoms with Gasteiger partial charge in [0.1, 0.15) is 5.82 Å². The summed E-state index contributed by atoms with van der Waals surface area (Å²) in [5.74, 6) is -0.436. The lowest BCUT2D eigenvalue weighted by atomic mass is 10.1. The van der Waals surface area contributed by atoms with E-state index in [2.05, 4.69) is 24.5 Å². The zero-order valence-electron chi connectivity index (χ0n) is 24.0. The number of aromatic nitrogens is 2. The van der Waals surface area contributed by atoms with Crippen molar-refractivity contribution in [1.29, 1.82) is 0 Å². The standard InChI is InChI=1S/C29H37FN6O5S/c1-39-14-11-34-7-9-35(10-8-34)21-22-3-4-25(26(30)17-22)27-18-23(5-6-31-27)33-42(37,38)28-19-24(20-32-29(28)40-2)36-12-15-41-16-13-36/h3-6,17-20H,7-16,21H2,1-2H3,(H,31,33). The van der Waals surface area contributed by atoms with Crippen LogP contribution in [0.3, 0.4) is 0 Å². The molecule has 2 saturated heterocycles. The number of pyridine rings is 2. The maximum atomic E-state index is 15.3. The molecule has 0 atom stereocenters. The van der Waals surface area contributed by atoms with Crippen LogP contribution < -0.4 is 14.4 Å². The minimum absolute atomic E-state index is 0.0215. The molecule has 0 bridgehead atoms. The zero-order chi connectivity index (χ0) is 29.5. The topological polar surface area (TPSA) is 109 Å². The second-order valence-electron chi connectivity index (χ2n) is 10.3. The molecule has 4 heterocycles. The number of hydrogen-bond acceptors (Lipinski definition) is 10. The molecule has 0 aliphatic carbocycles. The highest BCUT2D eigenvalue weighted by molar-refractivity contribution is 7.92. The second kappa shape index (κ2) is 13.7. The number of sulfonamides is 1. The first-order valence-corrected chi connectivity index (χ1v) is 15.4. The number of ether oxygens (including phenoxy) is 3. The van der Waals surface area contributed by atoms with Crippen LogP contribution in [0.15, 0.2) is 53.7 Å². The number of nitrogens with one attached hydrogen (secondary N) is 1. The Morgan fingerprint density at radius 2 is 1.74 bits per heavy atom. The summed E-state index contributed by atoms with van der Waals surface area (Å²) in [7, 11) is -1.01. The zero-order valence-corrected chi connectivity index (χ0v) is 24.8. The molecule has 2 aliphatic rings. The summed E-state index contributed by atoms with van der Waals surface area (Å²) in [6.45, 7) is 8.38. The fraction of sp³-hybridized carbons (Fsp3) is 0.448. The molecular formula is C29H37FN6O5S. The van der Waals surface area contributed by atoms with Gasteiger partial charge in [0.05, 0.1) is 50.2 Å². The average Bonchev–Trinajstić information content (AvgIpc) is 3.01. The molecule has 13 heteroatoms. The van der Waals surface area contributed by atoms with Crippen LogP contribution in [0, 0.1) is 5.82 Å². The predicted molar refractivity (Wildman–Crippen MR) is 158 cm³/mol. The van der Waals surface area contributed by atoms with Gasteiger partial charge in [-0.05, 0) is 35.9 Å². The van der Waals surface area contributed by atoms with Gasteiger partial charge in [0.25, 0.3) is 10.0 Å². The van der Waals surface area contributed by atoms with E-state index in [1.54, 1.807) is 25.4 Å². The number of benzene rings is 1. The molecular weight excluding hydrogens is 563 g/mol. The molecule has 0 amide bonds. The van der Waals surface area contributed by atoms with Gasteiger partial charge in [0.15, 0.2) is 4.90 Å². The second-order valence-corrected chi connectivity index (χ2v) is 11.9. The summed E-state index contributed by atoms with van der Waals surface area (Å²) < 4.78 is 60.6. The quantitative estimate of drug-likeness (QED) is 0.353. The summed E-state index contributed by atoms with van der Waals surface area (Å²) in [6.07, 6.45) is 3.03. The number of anilines is 2. The van der Waals surface area contributed by atoms with E-state index in [-0.39, 0.29) is 22.0 Å². The summed E-state index contributed by atoms with van der Waals surface area (Å²) in [5, 5.41) is 0. The first kappa shape index (κ1) is 30.1. The number of morpholine rings is 1. The van der Waals surface area contributed by atoms with Crippen molar-refractivity contribution >= 4 is 21.4 Å². The molecule has 42 heavy (non-hydrogen) atoms. The van der Waals surface area contributed by atoms with Gasteiger partial charge in [0, 0.05) is 71.2 Å². The Labute approximate surface area is 246 Å². The summed E-state index contributed by atoms with van der Waals surface area (Å²) in [4.78, 5) is 15.1. The van der Waals surface area contributed by atoms with Gasteiger partial charge in [-0.15, -0.1) is 0 Å². The predicted octanol–water partition coefficient (Wildman–Crippen LogP) is 2.69. The van der Waals surface area contributed by atoms with Crippen molar-refractivity contribution in [3.05, 3.63) is 60.2 Å². The van der Waals surface area contributed by atoms with Crippen LogP contribution in [0.4, 0.5) is 15.8 Å². The van der Waals surface area contributed by atoms with E-state index in [9.17, 15) is 8.42 Å². The third kappa shape index (κ3) is 7.34. The van der Waals surface area contributed by atoms with Crippen LogP contribution in [0.1, 0.15) is 5.56 Å². The van der Waals surface area contributed by atoms with E-state index in [1.165, 1.54) is 31.5 Å². The van der Waals surface area contributed by atoms with Crippen molar-refractivity contribution in [3.63, 3.8) is 0 Å². The normalized spacial score (nSPS) is 16.9. The first-order chi connectivity index (χ1) is 20.4. The Kier molecular flexibility index (Phi) is 9.85. The molecule has 0 saturated carbocycles. The van der Waals surface area contributed by atoms with Crippen molar-refractivity contribution in [2.75, 3.05) is 89.5 Å². The van der Waals surface area contributed by atoms with E-state index in [0.717, 1.165) is 44.9 Å². The van der Waals surface area contributed by atoms with E-state index < -0.39 is 15.8 Å². The van der Waals surface area contributed by atoms with Crippen LogP contribution in [0.25, 0.3) is 11.3 Å². The molecule has 11 nitrogen and oxygen atoms in total. The highest BCUT2D eigenvalue weighted by Gasteiger charge is 2.24. The molecule has 0 unspecified atom stereocenters. The molecule has 3 aromatic rings. The van der Waals surface area contributed by atoms with Crippen molar-refractivity contribution in [2.45, 2.75) is 11.4 Å². The van der Waals surface area contributed by atoms with Crippen LogP contribution >= 0.6 is 0 Å². The van der Waals surface area contributed by atoms with Gasteiger partial charge in [-0.1, -0.05) is 6.07 Å². The average molecular weight is 601 g/mol. The van der Waals surface area contributed by atoms with Gasteiger partial charge < -0.3 is 19.1 Å². The molecule has 2 aromatic heterocycles. The Balaban J connectivity index is 1.29. The first-order valence-electron chi connectivity index (χ1n) is 13.9.